The molecular formula is C32H36N2O2. The van der Waals surface area contributed by atoms with Crippen molar-refractivity contribution >= 4 is 17.1 Å². The maximum absolute atomic E-state index is 14.1. The van der Waals surface area contributed by atoms with Crippen molar-refractivity contribution in [3.05, 3.63) is 75.9 Å². The molecule has 1 aromatic heterocycles. The predicted octanol–water partition coefficient (Wildman–Crippen LogP) is 6.95. The molecule has 3 aliphatic carbocycles. The molecule has 2 aromatic rings. The van der Waals surface area contributed by atoms with Gasteiger partial charge in [-0.2, -0.15) is 0 Å². The lowest BCUT2D eigenvalue weighted by molar-refractivity contribution is -0.134. The van der Waals surface area contributed by atoms with Gasteiger partial charge < -0.3 is 0 Å². The zero-order valence-corrected chi connectivity index (χ0v) is 22.8. The van der Waals surface area contributed by atoms with Gasteiger partial charge in [-0.1, -0.05) is 43.7 Å². The van der Waals surface area contributed by atoms with Gasteiger partial charge in [0, 0.05) is 18.0 Å². The largest absolute Gasteiger partial charge is 0.294 e. The quantitative estimate of drug-likeness (QED) is 0.437. The maximum atomic E-state index is 14.1. The lowest BCUT2D eigenvalue weighted by Crippen LogP contribution is -2.56. The minimum absolute atomic E-state index is 0.0193. The van der Waals surface area contributed by atoms with Crippen molar-refractivity contribution in [1.29, 1.82) is 0 Å². The van der Waals surface area contributed by atoms with Crippen LogP contribution in [0.25, 0.3) is 16.7 Å². The molecule has 0 radical (unpaired) electrons. The van der Waals surface area contributed by atoms with E-state index in [1.807, 2.05) is 26.2 Å². The van der Waals surface area contributed by atoms with Crippen LogP contribution in [0.3, 0.4) is 0 Å². The zero-order chi connectivity index (χ0) is 26.4. The highest BCUT2D eigenvalue weighted by Crippen LogP contribution is 2.68. The molecular weight excluding hydrogens is 444 g/mol. The van der Waals surface area contributed by atoms with Crippen molar-refractivity contribution in [2.45, 2.75) is 74.7 Å². The van der Waals surface area contributed by atoms with Crippen LogP contribution in [0, 0.1) is 30.1 Å². The van der Waals surface area contributed by atoms with Crippen molar-refractivity contribution in [1.82, 2.24) is 9.97 Å². The van der Waals surface area contributed by atoms with Gasteiger partial charge in [0.1, 0.15) is 5.82 Å². The number of rotatable bonds is 2. The fourth-order valence-corrected chi connectivity index (χ4v) is 7.97. The van der Waals surface area contributed by atoms with Crippen LogP contribution in [0.2, 0.25) is 0 Å². The second-order valence-corrected chi connectivity index (χ2v) is 12.1. The highest BCUT2D eigenvalue weighted by atomic mass is 16.1. The molecule has 0 spiro atoms. The third-order valence-corrected chi connectivity index (χ3v) is 9.62. The van der Waals surface area contributed by atoms with Crippen molar-refractivity contribution in [3.63, 3.8) is 0 Å². The standard InChI is InChI=1S/C32H36N2O2/c1-17-10-11-24(23-14-33-22(6)34-15-23)25-13-30(7)16-31(8)12-18(2)27(21(5)35)29(36)32(31,9)20(4)28(30)19(3)26(17)25/h10-11,14-15H,3,12-13,16H2,1-2,4-9H3/t30-,31+,32+/m0/s1. The molecule has 0 N–H and O–H groups in total. The highest BCUT2D eigenvalue weighted by Gasteiger charge is 2.62. The van der Waals surface area contributed by atoms with Crippen LogP contribution < -0.4 is 0 Å². The van der Waals surface area contributed by atoms with Gasteiger partial charge in [-0.05, 0) is 105 Å². The fraction of sp³-hybridized carbons (Fsp3) is 0.438. The number of nitrogens with zero attached hydrogens (tertiary/aromatic N) is 2. The van der Waals surface area contributed by atoms with E-state index in [9.17, 15) is 9.59 Å². The molecule has 3 atom stereocenters. The van der Waals surface area contributed by atoms with E-state index in [0.717, 1.165) is 52.9 Å². The van der Waals surface area contributed by atoms with Gasteiger partial charge in [-0.15, -0.1) is 0 Å². The molecule has 4 heteroatoms. The number of aromatic nitrogens is 2. The summed E-state index contributed by atoms with van der Waals surface area (Å²) in [5.74, 6) is 0.612. The summed E-state index contributed by atoms with van der Waals surface area (Å²) in [7, 11) is 0. The first-order valence-corrected chi connectivity index (χ1v) is 12.8. The number of Topliss-reactive ketones (excluding diaryl/α,β-unsaturated/α-hetero) is 2. The molecule has 3 aliphatic rings. The third kappa shape index (κ3) is 3.06. The topological polar surface area (TPSA) is 59.9 Å². The molecule has 5 rings (SSSR count). The van der Waals surface area contributed by atoms with Crippen molar-refractivity contribution in [3.8, 4) is 11.1 Å². The van der Waals surface area contributed by atoms with Crippen molar-refractivity contribution in [2.75, 3.05) is 0 Å². The van der Waals surface area contributed by atoms with E-state index in [4.69, 9.17) is 0 Å². The molecule has 4 nitrogen and oxygen atoms in total. The summed E-state index contributed by atoms with van der Waals surface area (Å²) in [6, 6.07) is 4.34. The van der Waals surface area contributed by atoms with Crippen LogP contribution in [-0.2, 0) is 16.0 Å². The summed E-state index contributed by atoms with van der Waals surface area (Å²) in [5, 5.41) is 0. The van der Waals surface area contributed by atoms with E-state index < -0.39 is 5.41 Å². The molecule has 0 bridgehead atoms. The van der Waals surface area contributed by atoms with Crippen LogP contribution >= 0.6 is 0 Å². The summed E-state index contributed by atoms with van der Waals surface area (Å²) in [4.78, 5) is 35.5. The Hall–Kier alpha value is -3.14. The first kappa shape index (κ1) is 24.5. The molecule has 1 aromatic carbocycles. The maximum Gasteiger partial charge on any atom is 0.176 e. The summed E-state index contributed by atoms with van der Waals surface area (Å²) >= 11 is 0. The second kappa shape index (κ2) is 7.68. The molecule has 0 unspecified atom stereocenters. The number of aryl methyl sites for hydroxylation is 2. The predicted molar refractivity (Wildman–Crippen MR) is 144 cm³/mol. The average molecular weight is 481 g/mol. The van der Waals surface area contributed by atoms with Gasteiger partial charge in [0.25, 0.3) is 0 Å². The number of ketones is 2. The van der Waals surface area contributed by atoms with E-state index in [-0.39, 0.29) is 22.4 Å². The van der Waals surface area contributed by atoms with Crippen LogP contribution in [0.1, 0.15) is 76.9 Å². The lowest BCUT2D eigenvalue weighted by Gasteiger charge is -2.60. The first-order chi connectivity index (χ1) is 16.7. The number of benzene rings is 1. The van der Waals surface area contributed by atoms with E-state index in [2.05, 4.69) is 63.3 Å². The Bertz CT molecular complexity index is 1440. The zero-order valence-electron chi connectivity index (χ0n) is 22.8. The number of fused-ring (bicyclic) bond motifs is 3. The van der Waals surface area contributed by atoms with E-state index >= 15 is 0 Å². The minimum Gasteiger partial charge on any atom is -0.294 e. The summed E-state index contributed by atoms with van der Waals surface area (Å²) in [5.41, 5.74) is 9.23. The minimum atomic E-state index is -0.737. The molecule has 0 saturated heterocycles. The Morgan fingerprint density at radius 3 is 2.25 bits per heavy atom. The van der Waals surface area contributed by atoms with Crippen molar-refractivity contribution < 1.29 is 9.59 Å². The summed E-state index contributed by atoms with van der Waals surface area (Å²) in [6.07, 6.45) is 6.28. The molecule has 0 saturated carbocycles. The van der Waals surface area contributed by atoms with Gasteiger partial charge >= 0.3 is 0 Å². The highest BCUT2D eigenvalue weighted by molar-refractivity contribution is 6.23. The number of hydrogen-bond donors (Lipinski definition) is 0. The Morgan fingerprint density at radius 1 is 1.00 bits per heavy atom. The Balaban J connectivity index is 1.76. The smallest absolute Gasteiger partial charge is 0.176 e. The molecule has 0 fully saturated rings. The molecule has 0 aliphatic heterocycles. The van der Waals surface area contributed by atoms with E-state index in [1.54, 1.807) is 0 Å². The monoisotopic (exact) mass is 480 g/mol. The molecule has 0 amide bonds. The van der Waals surface area contributed by atoms with Gasteiger partial charge in [-0.25, -0.2) is 9.97 Å². The molecule has 36 heavy (non-hydrogen) atoms. The van der Waals surface area contributed by atoms with Crippen LogP contribution in [0.5, 0.6) is 0 Å². The summed E-state index contributed by atoms with van der Waals surface area (Å²) in [6.45, 7) is 20.9. The number of allylic oxidation sites excluding steroid dienone is 5. The van der Waals surface area contributed by atoms with Crippen LogP contribution in [-0.4, -0.2) is 21.5 Å². The second-order valence-electron chi connectivity index (χ2n) is 12.1. The molecule has 1 heterocycles. The van der Waals surface area contributed by atoms with Crippen molar-refractivity contribution in [2.24, 2.45) is 16.2 Å². The number of carbonyl (C=O) groups is 2. The number of carbonyl (C=O) groups excluding carboxylic acids is 2. The van der Waals surface area contributed by atoms with Gasteiger partial charge in [0.05, 0.1) is 11.0 Å². The lowest BCUT2D eigenvalue weighted by atomic mass is 9.42. The van der Waals surface area contributed by atoms with E-state index in [0.29, 0.717) is 5.57 Å². The van der Waals surface area contributed by atoms with Crippen LogP contribution in [0.15, 0.2) is 53.4 Å². The Morgan fingerprint density at radius 2 is 1.64 bits per heavy atom. The molecule has 186 valence electrons. The van der Waals surface area contributed by atoms with Gasteiger partial charge in [0.2, 0.25) is 0 Å². The van der Waals surface area contributed by atoms with Gasteiger partial charge in [-0.3, -0.25) is 9.59 Å². The average Bonchev–Trinajstić information content (AvgIpc) is 2.76. The fourth-order valence-electron chi connectivity index (χ4n) is 7.97. The summed E-state index contributed by atoms with van der Waals surface area (Å²) < 4.78 is 0. The first-order valence-electron chi connectivity index (χ1n) is 12.8. The normalized spacial score (nSPS) is 29.7. The van der Waals surface area contributed by atoms with Crippen LogP contribution in [0.4, 0.5) is 0 Å². The van der Waals surface area contributed by atoms with Gasteiger partial charge in [0.15, 0.2) is 11.6 Å². The third-order valence-electron chi connectivity index (χ3n) is 9.62. The number of hydrogen-bond acceptors (Lipinski definition) is 4. The van der Waals surface area contributed by atoms with E-state index in [1.165, 1.54) is 29.2 Å². The SMILES string of the molecule is C=C1C2=C(C)[C@]3(C)C(=O)C(C(C)=O)=C(C)C[C@]3(C)C[C@]2(C)Cc2c(-c3cnc(C)nc3)ccc(C)c21. The Kier molecular flexibility index (Phi) is 5.24. The Labute approximate surface area is 214 Å².